The van der Waals surface area contributed by atoms with E-state index in [1.807, 2.05) is 6.92 Å². The Kier molecular flexibility index (Phi) is 8.08. The van der Waals surface area contributed by atoms with Crippen LogP contribution in [-0.2, 0) is 9.53 Å². The molecule has 1 aromatic carbocycles. The number of carbonyl (C=O) groups excluding carboxylic acids is 2. The second kappa shape index (κ2) is 11.4. The first-order valence-electron chi connectivity index (χ1n) is 10.6. The van der Waals surface area contributed by atoms with Crippen LogP contribution >= 0.6 is 23.1 Å². The van der Waals surface area contributed by atoms with Gasteiger partial charge in [-0.3, -0.25) is 14.9 Å². The molecule has 2 amide bonds. The van der Waals surface area contributed by atoms with Crippen LogP contribution in [0.15, 0.2) is 34.8 Å². The average Bonchev–Trinajstić information content (AvgIpc) is 3.49. The number of nitrogens with zero attached hydrogens (tertiary/aromatic N) is 5. The fourth-order valence-corrected chi connectivity index (χ4v) is 4.71. The van der Waals surface area contributed by atoms with Crippen molar-refractivity contribution >= 4 is 40.0 Å². The third-order valence-corrected chi connectivity index (χ3v) is 6.72. The summed E-state index contributed by atoms with van der Waals surface area (Å²) in [6, 6.07) is 5.74. The second-order valence-electron chi connectivity index (χ2n) is 7.22. The Bertz CT molecular complexity index is 1130. The SMILES string of the molecule is CCCOc1cn(-c2ccc(F)cc2)nc1C(=O)Nc1nnc(SCC(=O)N2CCOCC2)s1. The maximum absolute atomic E-state index is 13.3. The number of halogens is 1. The Morgan fingerprint density at radius 2 is 2.00 bits per heavy atom. The molecule has 3 heterocycles. The Hall–Kier alpha value is -3.03. The number of benzene rings is 1. The molecular weight excluding hydrogens is 483 g/mol. The maximum atomic E-state index is 13.3. The zero-order valence-electron chi connectivity index (χ0n) is 18.4. The Morgan fingerprint density at radius 3 is 2.74 bits per heavy atom. The second-order valence-corrected chi connectivity index (χ2v) is 9.42. The lowest BCUT2D eigenvalue weighted by Crippen LogP contribution is -2.41. The van der Waals surface area contributed by atoms with Crippen LogP contribution in [0, 0.1) is 5.82 Å². The number of amides is 2. The van der Waals surface area contributed by atoms with Gasteiger partial charge in [0.15, 0.2) is 15.8 Å². The molecule has 0 saturated carbocycles. The molecular formula is C21H23FN6O4S2. The third kappa shape index (κ3) is 6.10. The van der Waals surface area contributed by atoms with Crippen molar-refractivity contribution in [3.8, 4) is 11.4 Å². The van der Waals surface area contributed by atoms with E-state index in [1.165, 1.54) is 39.9 Å². The molecule has 2 aromatic heterocycles. The van der Waals surface area contributed by atoms with Crippen molar-refractivity contribution in [3.63, 3.8) is 0 Å². The van der Waals surface area contributed by atoms with Crippen LogP contribution in [-0.4, -0.2) is 75.4 Å². The van der Waals surface area contributed by atoms with Crippen molar-refractivity contribution in [2.75, 3.05) is 44.0 Å². The van der Waals surface area contributed by atoms with E-state index in [0.717, 1.165) is 6.42 Å². The van der Waals surface area contributed by atoms with Gasteiger partial charge in [0.25, 0.3) is 5.91 Å². The first-order chi connectivity index (χ1) is 16.5. The third-order valence-electron chi connectivity index (χ3n) is 4.76. The Morgan fingerprint density at radius 1 is 1.24 bits per heavy atom. The lowest BCUT2D eigenvalue weighted by atomic mass is 10.3. The van der Waals surface area contributed by atoms with Crippen LogP contribution in [0.3, 0.4) is 0 Å². The average molecular weight is 507 g/mol. The summed E-state index contributed by atoms with van der Waals surface area (Å²) in [6.07, 6.45) is 2.33. The first kappa shape index (κ1) is 24.1. The molecule has 1 aliphatic rings. The highest BCUT2D eigenvalue weighted by Gasteiger charge is 2.22. The fraction of sp³-hybridized carbons (Fsp3) is 0.381. The summed E-state index contributed by atoms with van der Waals surface area (Å²) in [4.78, 5) is 27.0. The normalized spacial score (nSPS) is 13.6. The zero-order chi connectivity index (χ0) is 23.9. The van der Waals surface area contributed by atoms with E-state index >= 15 is 0 Å². The van der Waals surface area contributed by atoms with Gasteiger partial charge < -0.3 is 14.4 Å². The molecule has 0 bridgehead atoms. The van der Waals surface area contributed by atoms with Crippen LogP contribution in [0.1, 0.15) is 23.8 Å². The highest BCUT2D eigenvalue weighted by atomic mass is 32.2. The summed E-state index contributed by atoms with van der Waals surface area (Å²) < 4.78 is 26.2. The van der Waals surface area contributed by atoms with Crippen molar-refractivity contribution in [2.45, 2.75) is 17.7 Å². The number of rotatable bonds is 9. The van der Waals surface area contributed by atoms with Crippen LogP contribution in [0.5, 0.6) is 5.75 Å². The van der Waals surface area contributed by atoms with Crippen molar-refractivity contribution in [2.24, 2.45) is 0 Å². The molecule has 180 valence electrons. The molecule has 0 aliphatic carbocycles. The molecule has 0 unspecified atom stereocenters. The molecule has 0 atom stereocenters. The molecule has 1 aliphatic heterocycles. The summed E-state index contributed by atoms with van der Waals surface area (Å²) in [5.41, 5.74) is 0.658. The molecule has 0 radical (unpaired) electrons. The first-order valence-corrected chi connectivity index (χ1v) is 12.4. The van der Waals surface area contributed by atoms with Gasteiger partial charge in [-0.1, -0.05) is 30.0 Å². The topological polar surface area (TPSA) is 111 Å². The number of nitrogens with one attached hydrogen (secondary N) is 1. The number of hydrogen-bond donors (Lipinski definition) is 1. The summed E-state index contributed by atoms with van der Waals surface area (Å²) in [5.74, 6) is -0.325. The minimum absolute atomic E-state index is 0.0122. The van der Waals surface area contributed by atoms with Crippen LogP contribution in [0.2, 0.25) is 0 Å². The van der Waals surface area contributed by atoms with Gasteiger partial charge in [0, 0.05) is 13.1 Å². The lowest BCUT2D eigenvalue weighted by molar-refractivity contribution is -0.132. The van der Waals surface area contributed by atoms with Gasteiger partial charge in [-0.25, -0.2) is 9.07 Å². The highest BCUT2D eigenvalue weighted by Crippen LogP contribution is 2.27. The van der Waals surface area contributed by atoms with Gasteiger partial charge in [-0.2, -0.15) is 5.10 Å². The van der Waals surface area contributed by atoms with Gasteiger partial charge in [0.1, 0.15) is 5.82 Å². The van der Waals surface area contributed by atoms with Crippen molar-refractivity contribution < 1.29 is 23.5 Å². The number of ether oxygens (including phenoxy) is 2. The molecule has 13 heteroatoms. The van der Waals surface area contributed by atoms with E-state index < -0.39 is 5.91 Å². The van der Waals surface area contributed by atoms with E-state index in [2.05, 4.69) is 20.6 Å². The number of hydrogen-bond acceptors (Lipinski definition) is 9. The summed E-state index contributed by atoms with van der Waals surface area (Å²) in [7, 11) is 0. The number of thioether (sulfide) groups is 1. The van der Waals surface area contributed by atoms with Crippen LogP contribution in [0.25, 0.3) is 5.69 Å². The largest absolute Gasteiger partial charge is 0.489 e. The van der Waals surface area contributed by atoms with Crippen LogP contribution < -0.4 is 10.1 Å². The molecule has 0 spiro atoms. The van der Waals surface area contributed by atoms with E-state index in [9.17, 15) is 14.0 Å². The van der Waals surface area contributed by atoms with E-state index in [0.29, 0.717) is 48.7 Å². The lowest BCUT2D eigenvalue weighted by Gasteiger charge is -2.26. The molecule has 3 aromatic rings. The quantitative estimate of drug-likeness (QED) is 0.348. The van der Waals surface area contributed by atoms with Crippen molar-refractivity contribution in [1.29, 1.82) is 0 Å². The minimum Gasteiger partial charge on any atom is -0.489 e. The molecule has 10 nitrogen and oxygen atoms in total. The molecule has 1 N–H and O–H groups in total. The molecule has 4 rings (SSSR count). The molecule has 1 fully saturated rings. The van der Waals surface area contributed by atoms with Gasteiger partial charge in [0.05, 0.1) is 37.5 Å². The van der Waals surface area contributed by atoms with E-state index in [1.54, 1.807) is 23.2 Å². The molecule has 1 saturated heterocycles. The van der Waals surface area contributed by atoms with Crippen molar-refractivity contribution in [1.82, 2.24) is 24.9 Å². The number of anilines is 1. The van der Waals surface area contributed by atoms with E-state index in [-0.39, 0.29) is 28.3 Å². The fourth-order valence-electron chi connectivity index (χ4n) is 3.06. The van der Waals surface area contributed by atoms with Gasteiger partial charge in [-0.05, 0) is 30.7 Å². The minimum atomic E-state index is -0.510. The van der Waals surface area contributed by atoms with Gasteiger partial charge in [0.2, 0.25) is 11.0 Å². The summed E-state index contributed by atoms with van der Waals surface area (Å²) >= 11 is 2.44. The predicted octanol–water partition coefficient (Wildman–Crippen LogP) is 2.85. The van der Waals surface area contributed by atoms with Gasteiger partial charge in [-0.15, -0.1) is 10.2 Å². The van der Waals surface area contributed by atoms with Crippen molar-refractivity contribution in [3.05, 3.63) is 42.0 Å². The smallest absolute Gasteiger partial charge is 0.281 e. The molecule has 34 heavy (non-hydrogen) atoms. The monoisotopic (exact) mass is 506 g/mol. The highest BCUT2D eigenvalue weighted by molar-refractivity contribution is 8.01. The van der Waals surface area contributed by atoms with E-state index in [4.69, 9.17) is 9.47 Å². The van der Waals surface area contributed by atoms with Gasteiger partial charge >= 0.3 is 0 Å². The Balaban J connectivity index is 1.41. The number of aromatic nitrogens is 4. The van der Waals surface area contributed by atoms with Crippen LogP contribution in [0.4, 0.5) is 9.52 Å². The summed E-state index contributed by atoms with van der Waals surface area (Å²) in [5, 5.41) is 15.3. The Labute approximate surface area is 203 Å². The summed E-state index contributed by atoms with van der Waals surface area (Å²) in [6.45, 7) is 4.63. The standard InChI is InChI=1S/C21H23FN6O4S2/c1-2-9-32-16-12-28(15-5-3-14(22)4-6-15)26-18(16)19(30)23-20-24-25-21(34-20)33-13-17(29)27-7-10-31-11-8-27/h3-6,12H,2,7-11,13H2,1H3,(H,23,24,30). The predicted molar refractivity (Wildman–Crippen MR) is 125 cm³/mol. The maximum Gasteiger partial charge on any atom is 0.281 e. The number of morpholine rings is 1. The zero-order valence-corrected chi connectivity index (χ0v) is 20.0. The number of carbonyl (C=O) groups is 2.